The molecule has 0 aromatic heterocycles. The van der Waals surface area contributed by atoms with Gasteiger partial charge in [-0.3, -0.25) is 9.59 Å². The lowest BCUT2D eigenvalue weighted by atomic mass is 10.0. The van der Waals surface area contributed by atoms with E-state index in [1.165, 1.54) is 11.3 Å². The third-order valence-corrected chi connectivity index (χ3v) is 6.06. The van der Waals surface area contributed by atoms with Gasteiger partial charge in [0.1, 0.15) is 0 Å². The molecule has 0 N–H and O–H groups in total. The van der Waals surface area contributed by atoms with Crippen LogP contribution in [0, 0.1) is 6.92 Å². The molecular formula is C24H29N3O3. The van der Waals surface area contributed by atoms with Gasteiger partial charge in [0.2, 0.25) is 0 Å². The van der Waals surface area contributed by atoms with Gasteiger partial charge in [-0.2, -0.15) is 0 Å². The molecule has 2 aliphatic heterocycles. The summed E-state index contributed by atoms with van der Waals surface area (Å²) in [5.41, 5.74) is 4.43. The molecule has 30 heavy (non-hydrogen) atoms. The number of carbonyl (C=O) groups is 2. The molecule has 2 aromatic rings. The number of benzene rings is 2. The Labute approximate surface area is 178 Å². The molecule has 0 saturated carbocycles. The lowest BCUT2D eigenvalue weighted by molar-refractivity contribution is 0.0690. The summed E-state index contributed by atoms with van der Waals surface area (Å²) in [5, 5.41) is 0. The molecule has 2 heterocycles. The second-order valence-electron chi connectivity index (χ2n) is 8.19. The van der Waals surface area contributed by atoms with Crippen molar-refractivity contribution in [3.05, 3.63) is 64.7 Å². The van der Waals surface area contributed by atoms with Gasteiger partial charge in [0.15, 0.2) is 0 Å². The van der Waals surface area contributed by atoms with Crippen molar-refractivity contribution in [3.63, 3.8) is 0 Å². The summed E-state index contributed by atoms with van der Waals surface area (Å²) in [6, 6.07) is 14.3. The van der Waals surface area contributed by atoms with E-state index < -0.39 is 0 Å². The highest BCUT2D eigenvalue weighted by molar-refractivity contribution is 6.09. The summed E-state index contributed by atoms with van der Waals surface area (Å²) in [4.78, 5) is 32.3. The number of nitrogens with zero attached hydrogens (tertiary/aromatic N) is 3. The van der Waals surface area contributed by atoms with Crippen LogP contribution in [0.2, 0.25) is 0 Å². The minimum Gasteiger partial charge on any atom is -0.383 e. The Kier molecular flexibility index (Phi) is 5.77. The molecular weight excluding hydrogens is 378 g/mol. The van der Waals surface area contributed by atoms with Crippen molar-refractivity contribution in [3.8, 4) is 0 Å². The van der Waals surface area contributed by atoms with E-state index >= 15 is 0 Å². The lowest BCUT2D eigenvalue weighted by Crippen LogP contribution is -2.54. The molecule has 6 nitrogen and oxygen atoms in total. The molecule has 0 radical (unpaired) electrons. The van der Waals surface area contributed by atoms with E-state index in [1.54, 1.807) is 18.1 Å². The Morgan fingerprint density at radius 1 is 1.17 bits per heavy atom. The smallest absolute Gasteiger partial charge is 0.255 e. The number of amides is 2. The first-order valence-electron chi connectivity index (χ1n) is 10.5. The van der Waals surface area contributed by atoms with Crippen molar-refractivity contribution in [2.75, 3.05) is 44.8 Å². The van der Waals surface area contributed by atoms with E-state index in [1.807, 2.05) is 17.0 Å². The van der Waals surface area contributed by atoms with E-state index in [0.29, 0.717) is 43.9 Å². The second-order valence-corrected chi connectivity index (χ2v) is 8.19. The fourth-order valence-electron chi connectivity index (χ4n) is 4.48. The fraction of sp³-hybridized carbons (Fsp3) is 0.417. The van der Waals surface area contributed by atoms with E-state index in [9.17, 15) is 9.59 Å². The minimum absolute atomic E-state index is 0.0514. The number of ether oxygens (including phenoxy) is 1. The Morgan fingerprint density at radius 3 is 2.70 bits per heavy atom. The van der Waals surface area contributed by atoms with Crippen LogP contribution < -0.4 is 4.90 Å². The van der Waals surface area contributed by atoms with Crippen molar-refractivity contribution in [2.24, 2.45) is 0 Å². The van der Waals surface area contributed by atoms with Gasteiger partial charge in [0.25, 0.3) is 11.8 Å². The number of methoxy groups -OCH3 is 1. The number of hydrogen-bond acceptors (Lipinski definition) is 4. The number of piperazine rings is 1. The highest BCUT2D eigenvalue weighted by atomic mass is 16.5. The number of carbonyl (C=O) groups excluding carboxylic acids is 2. The molecule has 0 spiro atoms. The summed E-state index contributed by atoms with van der Waals surface area (Å²) in [7, 11) is 1.63. The maximum Gasteiger partial charge on any atom is 0.255 e. The first-order valence-corrected chi connectivity index (χ1v) is 10.5. The van der Waals surface area contributed by atoms with Gasteiger partial charge in [-0.15, -0.1) is 0 Å². The summed E-state index contributed by atoms with van der Waals surface area (Å²) in [6.45, 7) is 7.85. The van der Waals surface area contributed by atoms with E-state index in [-0.39, 0.29) is 17.9 Å². The molecule has 1 atom stereocenters. The zero-order valence-electron chi connectivity index (χ0n) is 17.9. The Bertz CT molecular complexity index is 958. The monoisotopic (exact) mass is 407 g/mol. The maximum atomic E-state index is 13.4. The summed E-state index contributed by atoms with van der Waals surface area (Å²) < 4.78 is 5.12. The molecule has 158 valence electrons. The second kappa shape index (κ2) is 8.48. The highest BCUT2D eigenvalue weighted by Gasteiger charge is 2.34. The number of hydrogen-bond donors (Lipinski definition) is 0. The Hall–Kier alpha value is -2.86. The average Bonchev–Trinajstić information content (AvgIpc) is 3.07. The number of rotatable bonds is 5. The zero-order chi connectivity index (χ0) is 21.3. The quantitative estimate of drug-likeness (QED) is 0.765. The van der Waals surface area contributed by atoms with Gasteiger partial charge in [-0.25, -0.2) is 0 Å². The van der Waals surface area contributed by atoms with Crippen molar-refractivity contribution >= 4 is 17.5 Å². The van der Waals surface area contributed by atoms with Gasteiger partial charge in [-0.05, 0) is 43.2 Å². The van der Waals surface area contributed by atoms with Crippen LogP contribution in [-0.2, 0) is 11.3 Å². The van der Waals surface area contributed by atoms with Crippen molar-refractivity contribution in [2.45, 2.75) is 26.4 Å². The van der Waals surface area contributed by atoms with Crippen LogP contribution in [0.25, 0.3) is 0 Å². The largest absolute Gasteiger partial charge is 0.383 e. The fourth-order valence-corrected chi connectivity index (χ4v) is 4.48. The number of fused-ring (bicyclic) bond motifs is 1. The van der Waals surface area contributed by atoms with Gasteiger partial charge >= 0.3 is 0 Å². The highest BCUT2D eigenvalue weighted by Crippen LogP contribution is 2.28. The van der Waals surface area contributed by atoms with Crippen LogP contribution in [0.4, 0.5) is 5.69 Å². The first-order chi connectivity index (χ1) is 14.5. The number of anilines is 1. The summed E-state index contributed by atoms with van der Waals surface area (Å²) >= 11 is 0. The summed E-state index contributed by atoms with van der Waals surface area (Å²) in [5.74, 6) is -0.123. The molecule has 0 bridgehead atoms. The molecule has 4 rings (SSSR count). The minimum atomic E-state index is -0.0718. The Balaban J connectivity index is 1.51. The lowest BCUT2D eigenvalue weighted by Gasteiger charge is -2.41. The van der Waals surface area contributed by atoms with E-state index in [4.69, 9.17) is 4.74 Å². The van der Waals surface area contributed by atoms with Crippen LogP contribution in [-0.4, -0.2) is 67.6 Å². The van der Waals surface area contributed by atoms with Crippen LogP contribution in [0.1, 0.15) is 38.8 Å². The van der Waals surface area contributed by atoms with Crippen LogP contribution in [0.3, 0.4) is 0 Å². The van der Waals surface area contributed by atoms with Gasteiger partial charge in [-0.1, -0.05) is 24.3 Å². The molecule has 0 aliphatic carbocycles. The molecule has 2 aliphatic rings. The van der Waals surface area contributed by atoms with Crippen molar-refractivity contribution < 1.29 is 14.3 Å². The standard InChI is InChI=1S/C24H29N3O3/c1-17-6-4-8-20(14-17)27-11-10-25(15-18(27)2)23(28)21-9-5-7-19-16-26(12-13-30-3)24(29)22(19)21/h4-9,14,18H,10-13,15-16H2,1-3H3. The maximum absolute atomic E-state index is 13.4. The van der Waals surface area contributed by atoms with Crippen molar-refractivity contribution in [1.82, 2.24) is 9.80 Å². The topological polar surface area (TPSA) is 53.1 Å². The van der Waals surface area contributed by atoms with E-state index in [2.05, 4.69) is 43.0 Å². The average molecular weight is 408 g/mol. The normalized spacial score (nSPS) is 18.7. The predicted molar refractivity (Wildman–Crippen MR) is 117 cm³/mol. The molecule has 2 amide bonds. The van der Waals surface area contributed by atoms with Crippen LogP contribution in [0.15, 0.2) is 42.5 Å². The summed E-state index contributed by atoms with van der Waals surface area (Å²) in [6.07, 6.45) is 0. The van der Waals surface area contributed by atoms with Gasteiger partial charge < -0.3 is 19.4 Å². The molecule has 1 unspecified atom stereocenters. The van der Waals surface area contributed by atoms with Crippen molar-refractivity contribution in [1.29, 1.82) is 0 Å². The predicted octanol–water partition coefficient (Wildman–Crippen LogP) is 2.95. The molecule has 6 heteroatoms. The van der Waals surface area contributed by atoms with Gasteiger partial charge in [0.05, 0.1) is 17.7 Å². The molecule has 1 fully saturated rings. The van der Waals surface area contributed by atoms with Crippen LogP contribution in [0.5, 0.6) is 0 Å². The third kappa shape index (κ3) is 3.79. The van der Waals surface area contributed by atoms with Gasteiger partial charge in [0, 0.05) is 51.6 Å². The number of aryl methyl sites for hydroxylation is 1. The zero-order valence-corrected chi connectivity index (χ0v) is 17.9. The third-order valence-electron chi connectivity index (χ3n) is 6.06. The molecule has 2 aromatic carbocycles. The first kappa shape index (κ1) is 20.4. The van der Waals surface area contributed by atoms with E-state index in [0.717, 1.165) is 12.1 Å². The Morgan fingerprint density at radius 2 is 1.97 bits per heavy atom. The SMILES string of the molecule is COCCN1Cc2cccc(C(=O)N3CCN(c4cccc(C)c4)C(C)C3)c2C1=O. The van der Waals surface area contributed by atoms with Crippen LogP contribution >= 0.6 is 0 Å². The molecule has 1 saturated heterocycles.